The summed E-state index contributed by atoms with van der Waals surface area (Å²) in [6.45, 7) is 5.07. The summed E-state index contributed by atoms with van der Waals surface area (Å²) in [5, 5.41) is 5.31. The number of aryl methyl sites for hydroxylation is 1. The summed E-state index contributed by atoms with van der Waals surface area (Å²) in [5.41, 5.74) is 0.886. The molecule has 2 aromatic heterocycles. The molecule has 0 amide bonds. The van der Waals surface area contributed by atoms with Crippen LogP contribution >= 0.6 is 11.6 Å². The molecule has 0 atom stereocenters. The number of rotatable bonds is 3. The molecule has 3 heterocycles. The fourth-order valence-electron chi connectivity index (χ4n) is 2.73. The van der Waals surface area contributed by atoms with Crippen molar-refractivity contribution in [2.75, 3.05) is 43.5 Å². The Hall–Kier alpha value is -1.40. The van der Waals surface area contributed by atoms with E-state index in [-0.39, 0.29) is 0 Å². The second-order valence-corrected chi connectivity index (χ2v) is 5.45. The summed E-state index contributed by atoms with van der Waals surface area (Å²) in [4.78, 5) is 13.5. The second-order valence-electron chi connectivity index (χ2n) is 5.07. The molecular weight excluding hydrogens is 276 g/mol. The Morgan fingerprint density at radius 2 is 2.10 bits per heavy atom. The van der Waals surface area contributed by atoms with Crippen LogP contribution in [0.5, 0.6) is 0 Å². The topological polar surface area (TPSA) is 50.1 Å². The monoisotopic (exact) mass is 294 g/mol. The molecule has 0 unspecified atom stereocenters. The Kier molecular flexibility index (Phi) is 4.03. The SMILES string of the molecule is Cn1ncc2c(N3CCCN(CCCl)CC3)ncnc21. The molecule has 2 aromatic rings. The molecule has 0 spiro atoms. The van der Waals surface area contributed by atoms with Crippen molar-refractivity contribution in [1.29, 1.82) is 0 Å². The smallest absolute Gasteiger partial charge is 0.163 e. The van der Waals surface area contributed by atoms with Gasteiger partial charge in [0.1, 0.15) is 12.1 Å². The van der Waals surface area contributed by atoms with Crippen LogP contribution in [0.15, 0.2) is 12.5 Å². The number of hydrogen-bond donors (Lipinski definition) is 0. The van der Waals surface area contributed by atoms with Crippen molar-refractivity contribution in [3.63, 3.8) is 0 Å². The summed E-state index contributed by atoms with van der Waals surface area (Å²) < 4.78 is 1.79. The maximum absolute atomic E-state index is 5.84. The van der Waals surface area contributed by atoms with E-state index in [1.807, 2.05) is 13.2 Å². The lowest BCUT2D eigenvalue weighted by molar-refractivity contribution is 0.311. The van der Waals surface area contributed by atoms with Crippen LogP contribution in [-0.4, -0.2) is 63.3 Å². The third-order valence-electron chi connectivity index (χ3n) is 3.80. The zero-order chi connectivity index (χ0) is 13.9. The van der Waals surface area contributed by atoms with Gasteiger partial charge >= 0.3 is 0 Å². The molecule has 0 aromatic carbocycles. The Morgan fingerprint density at radius 1 is 1.20 bits per heavy atom. The standard InChI is InChI=1S/C13H19ClN6/c1-18-12-11(9-17-18)13(16-10-15-12)20-5-2-4-19(6-3-14)7-8-20/h9-10H,2-8H2,1H3. The van der Waals surface area contributed by atoms with Gasteiger partial charge in [-0.2, -0.15) is 5.10 Å². The molecular formula is C13H19ClN6. The first-order chi connectivity index (χ1) is 9.79. The van der Waals surface area contributed by atoms with Gasteiger partial charge in [0.2, 0.25) is 0 Å². The number of aromatic nitrogens is 4. The highest BCUT2D eigenvalue weighted by molar-refractivity contribution is 6.18. The molecule has 1 fully saturated rings. The van der Waals surface area contributed by atoms with E-state index in [0.29, 0.717) is 5.88 Å². The van der Waals surface area contributed by atoms with Crippen molar-refractivity contribution in [2.45, 2.75) is 6.42 Å². The third kappa shape index (κ3) is 2.58. The van der Waals surface area contributed by atoms with Crippen molar-refractivity contribution in [3.8, 4) is 0 Å². The predicted octanol–water partition coefficient (Wildman–Crippen LogP) is 1.11. The van der Waals surface area contributed by atoms with E-state index in [4.69, 9.17) is 11.6 Å². The van der Waals surface area contributed by atoms with Gasteiger partial charge in [0.15, 0.2) is 5.65 Å². The summed E-state index contributed by atoms with van der Waals surface area (Å²) in [6, 6.07) is 0. The van der Waals surface area contributed by atoms with Crippen molar-refractivity contribution in [1.82, 2.24) is 24.6 Å². The molecule has 0 aliphatic carbocycles. The van der Waals surface area contributed by atoms with E-state index in [1.54, 1.807) is 11.0 Å². The number of fused-ring (bicyclic) bond motifs is 1. The van der Waals surface area contributed by atoms with Crippen LogP contribution in [0, 0.1) is 0 Å². The van der Waals surface area contributed by atoms with E-state index in [0.717, 1.165) is 56.0 Å². The van der Waals surface area contributed by atoms with Gasteiger partial charge in [-0.05, 0) is 13.0 Å². The maximum atomic E-state index is 5.84. The molecule has 0 radical (unpaired) electrons. The Morgan fingerprint density at radius 3 is 2.95 bits per heavy atom. The van der Waals surface area contributed by atoms with Gasteiger partial charge in [-0.25, -0.2) is 9.97 Å². The van der Waals surface area contributed by atoms with E-state index < -0.39 is 0 Å². The number of nitrogens with zero attached hydrogens (tertiary/aromatic N) is 6. The highest BCUT2D eigenvalue weighted by Gasteiger charge is 2.18. The van der Waals surface area contributed by atoms with Crippen LogP contribution < -0.4 is 4.90 Å². The Bertz CT molecular complexity index is 583. The number of anilines is 1. The fourth-order valence-corrected chi connectivity index (χ4v) is 2.97. The van der Waals surface area contributed by atoms with Crippen molar-refractivity contribution in [3.05, 3.63) is 12.5 Å². The van der Waals surface area contributed by atoms with Crippen molar-refractivity contribution < 1.29 is 0 Å². The Labute approximate surface area is 123 Å². The van der Waals surface area contributed by atoms with E-state index in [1.165, 1.54) is 0 Å². The van der Waals surface area contributed by atoms with Gasteiger partial charge < -0.3 is 9.80 Å². The van der Waals surface area contributed by atoms with Crippen LogP contribution in [0.25, 0.3) is 11.0 Å². The van der Waals surface area contributed by atoms with Crippen molar-refractivity contribution in [2.24, 2.45) is 7.05 Å². The first-order valence-corrected chi connectivity index (χ1v) is 7.49. The molecule has 1 aliphatic rings. The first kappa shape index (κ1) is 13.6. The van der Waals surface area contributed by atoms with E-state index >= 15 is 0 Å². The molecule has 108 valence electrons. The fraction of sp³-hybridized carbons (Fsp3) is 0.615. The first-order valence-electron chi connectivity index (χ1n) is 6.95. The van der Waals surface area contributed by atoms with Gasteiger partial charge in [0, 0.05) is 39.1 Å². The molecule has 0 N–H and O–H groups in total. The van der Waals surface area contributed by atoms with E-state index in [9.17, 15) is 0 Å². The highest BCUT2D eigenvalue weighted by atomic mass is 35.5. The van der Waals surface area contributed by atoms with Crippen molar-refractivity contribution >= 4 is 28.5 Å². The molecule has 3 rings (SSSR count). The molecule has 0 saturated carbocycles. The minimum absolute atomic E-state index is 0.695. The number of hydrogen-bond acceptors (Lipinski definition) is 5. The summed E-state index contributed by atoms with van der Waals surface area (Å²) in [6.07, 6.45) is 4.61. The molecule has 6 nitrogen and oxygen atoms in total. The van der Waals surface area contributed by atoms with Gasteiger partial charge in [0.25, 0.3) is 0 Å². The van der Waals surface area contributed by atoms with Crippen LogP contribution in [-0.2, 0) is 7.05 Å². The second kappa shape index (κ2) is 5.93. The van der Waals surface area contributed by atoms with Crippen LogP contribution in [0.4, 0.5) is 5.82 Å². The van der Waals surface area contributed by atoms with Crippen LogP contribution in [0.1, 0.15) is 6.42 Å². The molecule has 0 bridgehead atoms. The number of alkyl halides is 1. The van der Waals surface area contributed by atoms with Gasteiger partial charge in [-0.3, -0.25) is 4.68 Å². The zero-order valence-corrected chi connectivity index (χ0v) is 12.4. The molecule has 20 heavy (non-hydrogen) atoms. The lowest BCUT2D eigenvalue weighted by atomic mass is 10.3. The van der Waals surface area contributed by atoms with Gasteiger partial charge in [0.05, 0.1) is 11.6 Å². The summed E-state index contributed by atoms with van der Waals surface area (Å²) in [5.74, 6) is 1.69. The zero-order valence-electron chi connectivity index (χ0n) is 11.7. The molecule has 1 saturated heterocycles. The largest absolute Gasteiger partial charge is 0.355 e. The molecule has 7 heteroatoms. The lowest BCUT2D eigenvalue weighted by Crippen LogP contribution is -2.32. The Balaban J connectivity index is 1.84. The quantitative estimate of drug-likeness (QED) is 0.794. The normalized spacial score (nSPS) is 17.6. The lowest BCUT2D eigenvalue weighted by Gasteiger charge is -2.22. The van der Waals surface area contributed by atoms with Crippen LogP contribution in [0.3, 0.4) is 0 Å². The maximum Gasteiger partial charge on any atom is 0.163 e. The van der Waals surface area contributed by atoms with Gasteiger partial charge in [-0.15, -0.1) is 11.6 Å². The highest BCUT2D eigenvalue weighted by Crippen LogP contribution is 2.23. The van der Waals surface area contributed by atoms with Gasteiger partial charge in [-0.1, -0.05) is 0 Å². The summed E-state index contributed by atoms with van der Waals surface area (Å²) in [7, 11) is 1.91. The van der Waals surface area contributed by atoms with E-state index in [2.05, 4.69) is 24.9 Å². The van der Waals surface area contributed by atoms with Crippen LogP contribution in [0.2, 0.25) is 0 Å². The molecule has 1 aliphatic heterocycles. The average molecular weight is 295 g/mol. The predicted molar refractivity (Wildman–Crippen MR) is 80.3 cm³/mol. The minimum atomic E-state index is 0.695. The summed E-state index contributed by atoms with van der Waals surface area (Å²) >= 11 is 5.84. The minimum Gasteiger partial charge on any atom is -0.355 e. The number of halogens is 1. The third-order valence-corrected chi connectivity index (χ3v) is 3.97. The average Bonchev–Trinajstić information content (AvgIpc) is 2.70.